The minimum absolute atomic E-state index is 0.0813. The van der Waals surface area contributed by atoms with Gasteiger partial charge in [0.2, 0.25) is 0 Å². The molecule has 0 spiro atoms. The lowest BCUT2D eigenvalue weighted by Gasteiger charge is -2.16. The van der Waals surface area contributed by atoms with Gasteiger partial charge in [-0.1, -0.05) is 15.9 Å². The highest BCUT2D eigenvalue weighted by Crippen LogP contribution is 2.29. The summed E-state index contributed by atoms with van der Waals surface area (Å²) in [6, 6.07) is 3.58. The van der Waals surface area contributed by atoms with Crippen molar-refractivity contribution in [1.29, 1.82) is 0 Å². The third kappa shape index (κ3) is 6.11. The molecule has 0 aliphatic rings. The van der Waals surface area contributed by atoms with Crippen LogP contribution in [0.25, 0.3) is 0 Å². The Labute approximate surface area is 124 Å². The van der Waals surface area contributed by atoms with Crippen molar-refractivity contribution in [2.45, 2.75) is 32.5 Å². The fourth-order valence-corrected chi connectivity index (χ4v) is 2.38. The second kappa shape index (κ2) is 7.28. The van der Waals surface area contributed by atoms with E-state index in [-0.39, 0.29) is 6.04 Å². The number of hydrogen-bond donors (Lipinski definition) is 1. The Bertz CT molecular complexity index is 450. The van der Waals surface area contributed by atoms with E-state index in [0.29, 0.717) is 12.2 Å². The Hall–Kier alpha value is -0.790. The van der Waals surface area contributed by atoms with Crippen LogP contribution in [0.5, 0.6) is 5.75 Å². The summed E-state index contributed by atoms with van der Waals surface area (Å²) >= 11 is 3.37. The monoisotopic (exact) mass is 355 g/mol. The molecule has 0 aromatic heterocycles. The number of hydrogen-bond acceptors (Lipinski definition) is 3. The van der Waals surface area contributed by atoms with E-state index < -0.39 is 19.6 Å². The predicted octanol–water partition coefficient (Wildman–Crippen LogP) is 3.56. The topological polar surface area (TPSA) is 44.5 Å². The molecule has 7 heteroatoms. The van der Waals surface area contributed by atoms with E-state index in [1.54, 1.807) is 0 Å². The maximum absolute atomic E-state index is 12.0. The minimum atomic E-state index is -4.35. The van der Waals surface area contributed by atoms with Gasteiger partial charge in [0.05, 0.1) is 0 Å². The van der Waals surface area contributed by atoms with Gasteiger partial charge < -0.3 is 15.2 Å². The normalized spacial score (nSPS) is 13.3. The number of nitrogens with two attached hydrogens (primary N) is 1. The predicted molar refractivity (Wildman–Crippen MR) is 73.7 cm³/mol. The van der Waals surface area contributed by atoms with E-state index in [4.69, 9.17) is 10.5 Å². The number of benzene rings is 1. The molecule has 0 aliphatic carbocycles. The summed E-state index contributed by atoms with van der Waals surface area (Å²) in [5.41, 5.74) is 7.40. The van der Waals surface area contributed by atoms with Crippen molar-refractivity contribution >= 4 is 15.9 Å². The molecule has 0 saturated carbocycles. The van der Waals surface area contributed by atoms with E-state index >= 15 is 0 Å². The largest absolute Gasteiger partial charge is 0.467 e. The molecule has 114 valence electrons. The first-order chi connectivity index (χ1) is 9.19. The zero-order valence-corrected chi connectivity index (χ0v) is 12.8. The van der Waals surface area contributed by atoms with Crippen LogP contribution in [0, 0.1) is 6.92 Å². The summed E-state index contributed by atoms with van der Waals surface area (Å²) in [5, 5.41) is 0. The summed E-state index contributed by atoms with van der Waals surface area (Å²) in [6.45, 7) is 1.88. The fraction of sp³-hybridized carbons (Fsp3) is 0.538. The van der Waals surface area contributed by atoms with Gasteiger partial charge >= 0.3 is 6.18 Å². The minimum Gasteiger partial charge on any atom is -0.467 e. The van der Waals surface area contributed by atoms with Gasteiger partial charge in [0, 0.05) is 10.5 Å². The van der Waals surface area contributed by atoms with Gasteiger partial charge in [-0.2, -0.15) is 13.2 Å². The van der Waals surface area contributed by atoms with E-state index in [0.717, 1.165) is 15.6 Å². The molecule has 20 heavy (non-hydrogen) atoms. The first-order valence-corrected chi connectivity index (χ1v) is 6.80. The number of halogens is 4. The van der Waals surface area contributed by atoms with Crippen LogP contribution in [0.15, 0.2) is 16.6 Å². The Morgan fingerprint density at radius 1 is 1.35 bits per heavy atom. The highest BCUT2D eigenvalue weighted by Gasteiger charge is 2.27. The molecule has 1 atom stereocenters. The van der Waals surface area contributed by atoms with Crippen LogP contribution < -0.4 is 10.5 Å². The molecular weight excluding hydrogens is 339 g/mol. The molecule has 3 nitrogen and oxygen atoms in total. The van der Waals surface area contributed by atoms with Crippen LogP contribution in [0.4, 0.5) is 13.2 Å². The summed E-state index contributed by atoms with van der Waals surface area (Å²) in [6.07, 6.45) is -3.79. The van der Waals surface area contributed by atoms with Crippen LogP contribution in [0.1, 0.15) is 18.1 Å². The van der Waals surface area contributed by atoms with Crippen molar-refractivity contribution in [2.75, 3.05) is 13.4 Å². The molecule has 1 rings (SSSR count). The van der Waals surface area contributed by atoms with E-state index in [2.05, 4.69) is 20.7 Å². The van der Waals surface area contributed by atoms with Crippen molar-refractivity contribution in [3.05, 3.63) is 27.7 Å². The van der Waals surface area contributed by atoms with E-state index in [9.17, 15) is 13.2 Å². The van der Waals surface area contributed by atoms with Crippen LogP contribution in [-0.2, 0) is 11.2 Å². The first kappa shape index (κ1) is 17.3. The summed E-state index contributed by atoms with van der Waals surface area (Å²) < 4.78 is 46.5. The summed E-state index contributed by atoms with van der Waals surface area (Å²) in [4.78, 5) is 0. The lowest BCUT2D eigenvalue weighted by molar-refractivity contribution is -0.186. The second-order valence-corrected chi connectivity index (χ2v) is 5.53. The third-order valence-electron chi connectivity index (χ3n) is 2.41. The smallest absolute Gasteiger partial charge is 0.411 e. The first-order valence-electron chi connectivity index (χ1n) is 6.01. The molecule has 0 saturated heterocycles. The standard InChI is InChI=1S/C13H17BrF3NO2/c1-8-3-11(14)5-10(4-9(2)18)12(8)20-7-19-6-13(15,16)17/h3,5,9H,4,6-7,18H2,1-2H3. The molecule has 0 aliphatic heterocycles. The van der Waals surface area contributed by atoms with Crippen molar-refractivity contribution in [3.8, 4) is 5.75 Å². The van der Waals surface area contributed by atoms with Gasteiger partial charge in [-0.05, 0) is 43.5 Å². The highest BCUT2D eigenvalue weighted by atomic mass is 79.9. The number of ether oxygens (including phenoxy) is 2. The number of alkyl halides is 3. The number of rotatable bonds is 6. The van der Waals surface area contributed by atoms with Crippen molar-refractivity contribution in [1.82, 2.24) is 0 Å². The lowest BCUT2D eigenvalue weighted by Crippen LogP contribution is -2.21. The van der Waals surface area contributed by atoms with Gasteiger partial charge in [-0.25, -0.2) is 0 Å². The van der Waals surface area contributed by atoms with Gasteiger partial charge in [-0.15, -0.1) is 0 Å². The maximum atomic E-state index is 12.0. The van der Waals surface area contributed by atoms with Gasteiger partial charge in [-0.3, -0.25) is 0 Å². The molecule has 0 fully saturated rings. The molecule has 1 unspecified atom stereocenters. The molecule has 0 radical (unpaired) electrons. The SMILES string of the molecule is Cc1cc(Br)cc(CC(C)N)c1OCOCC(F)(F)F. The lowest BCUT2D eigenvalue weighted by atomic mass is 10.0. The molecule has 2 N–H and O–H groups in total. The maximum Gasteiger partial charge on any atom is 0.411 e. The molecule has 0 heterocycles. The molecular formula is C13H17BrF3NO2. The fourth-order valence-electron chi connectivity index (χ4n) is 1.76. The Balaban J connectivity index is 2.72. The summed E-state index contributed by atoms with van der Waals surface area (Å²) in [5.74, 6) is 0.521. The number of aryl methyl sites for hydroxylation is 1. The van der Waals surface area contributed by atoms with Crippen molar-refractivity contribution in [3.63, 3.8) is 0 Å². The van der Waals surface area contributed by atoms with Crippen molar-refractivity contribution < 1.29 is 22.6 Å². The average Bonchev–Trinajstić information content (AvgIpc) is 2.24. The Kier molecular flexibility index (Phi) is 6.29. The molecule has 0 amide bonds. The molecule has 1 aromatic rings. The van der Waals surface area contributed by atoms with E-state index in [1.807, 2.05) is 26.0 Å². The zero-order chi connectivity index (χ0) is 15.3. The Morgan fingerprint density at radius 2 is 2.00 bits per heavy atom. The highest BCUT2D eigenvalue weighted by molar-refractivity contribution is 9.10. The third-order valence-corrected chi connectivity index (χ3v) is 2.87. The van der Waals surface area contributed by atoms with Crippen LogP contribution >= 0.6 is 15.9 Å². The van der Waals surface area contributed by atoms with E-state index in [1.165, 1.54) is 0 Å². The van der Waals surface area contributed by atoms with Crippen LogP contribution in [0.3, 0.4) is 0 Å². The van der Waals surface area contributed by atoms with Gasteiger partial charge in [0.1, 0.15) is 12.4 Å². The zero-order valence-electron chi connectivity index (χ0n) is 11.3. The van der Waals surface area contributed by atoms with Crippen molar-refractivity contribution in [2.24, 2.45) is 5.73 Å². The summed E-state index contributed by atoms with van der Waals surface area (Å²) in [7, 11) is 0. The molecule has 0 bridgehead atoms. The second-order valence-electron chi connectivity index (χ2n) is 4.62. The average molecular weight is 356 g/mol. The van der Waals surface area contributed by atoms with Gasteiger partial charge in [0.25, 0.3) is 0 Å². The quantitative estimate of drug-likeness (QED) is 0.626. The van der Waals surface area contributed by atoms with Crippen LogP contribution in [-0.4, -0.2) is 25.6 Å². The van der Waals surface area contributed by atoms with Crippen LogP contribution in [0.2, 0.25) is 0 Å². The van der Waals surface area contributed by atoms with Gasteiger partial charge in [0.15, 0.2) is 6.79 Å². The molecule has 1 aromatic carbocycles. The Morgan fingerprint density at radius 3 is 2.55 bits per heavy atom.